The van der Waals surface area contributed by atoms with Crippen molar-refractivity contribution in [2.45, 2.75) is 64.5 Å². The molecule has 0 bridgehead atoms. The summed E-state index contributed by atoms with van der Waals surface area (Å²) < 4.78 is 0. The zero-order valence-electron chi connectivity index (χ0n) is 20.6. The SMILES string of the molecule is Cc1c(CN2CCN(C(=O)C3CCCC3)[C@@H](C)C2)cc(Cl)cc1[C@H](C(N)=O)[C@H]1CCN(C)C1=O. The number of likely N-dealkylation sites (tertiary alicyclic amines) is 1. The summed E-state index contributed by atoms with van der Waals surface area (Å²) in [6.07, 6.45) is 4.98. The molecule has 0 spiro atoms. The van der Waals surface area contributed by atoms with Crippen LogP contribution in [0.5, 0.6) is 0 Å². The number of hydrogen-bond acceptors (Lipinski definition) is 4. The number of nitrogens with zero attached hydrogens (tertiary/aromatic N) is 3. The van der Waals surface area contributed by atoms with Crippen LogP contribution in [-0.2, 0) is 20.9 Å². The molecule has 0 aromatic heterocycles. The summed E-state index contributed by atoms with van der Waals surface area (Å²) in [7, 11) is 1.76. The number of amides is 3. The van der Waals surface area contributed by atoms with E-state index < -0.39 is 17.7 Å². The fourth-order valence-electron chi connectivity index (χ4n) is 6.13. The molecule has 3 aliphatic rings. The molecule has 2 N–H and O–H groups in total. The summed E-state index contributed by atoms with van der Waals surface area (Å²) in [5, 5.41) is 0.545. The van der Waals surface area contributed by atoms with E-state index in [4.69, 9.17) is 17.3 Å². The van der Waals surface area contributed by atoms with Crippen molar-refractivity contribution < 1.29 is 14.4 Å². The molecule has 1 aromatic rings. The van der Waals surface area contributed by atoms with Crippen LogP contribution >= 0.6 is 11.6 Å². The highest BCUT2D eigenvalue weighted by Crippen LogP contribution is 2.37. The lowest BCUT2D eigenvalue weighted by molar-refractivity contribution is -0.140. The highest BCUT2D eigenvalue weighted by molar-refractivity contribution is 6.30. The molecular weight excluding hydrogens is 452 g/mol. The molecule has 8 heteroatoms. The van der Waals surface area contributed by atoms with E-state index in [1.807, 2.05) is 13.0 Å². The van der Waals surface area contributed by atoms with Crippen LogP contribution in [0.25, 0.3) is 0 Å². The smallest absolute Gasteiger partial charge is 0.226 e. The quantitative estimate of drug-likeness (QED) is 0.667. The monoisotopic (exact) mass is 488 g/mol. The molecule has 1 aliphatic carbocycles. The van der Waals surface area contributed by atoms with Gasteiger partial charge in [0, 0.05) is 56.8 Å². The molecule has 34 heavy (non-hydrogen) atoms. The van der Waals surface area contributed by atoms with Gasteiger partial charge in [-0.25, -0.2) is 0 Å². The Labute approximate surface area is 207 Å². The first-order valence-corrected chi connectivity index (χ1v) is 12.9. The normalized spacial score (nSPS) is 25.2. The van der Waals surface area contributed by atoms with E-state index in [9.17, 15) is 14.4 Å². The zero-order valence-corrected chi connectivity index (χ0v) is 21.3. The van der Waals surface area contributed by atoms with Crippen LogP contribution < -0.4 is 5.73 Å². The van der Waals surface area contributed by atoms with Gasteiger partial charge in [-0.15, -0.1) is 0 Å². The minimum absolute atomic E-state index is 0.0402. The third-order valence-electron chi connectivity index (χ3n) is 8.13. The first-order chi connectivity index (χ1) is 16.2. The van der Waals surface area contributed by atoms with Crippen LogP contribution in [0, 0.1) is 18.8 Å². The fourth-order valence-corrected chi connectivity index (χ4v) is 6.37. The Morgan fingerprint density at radius 3 is 2.44 bits per heavy atom. The maximum atomic E-state index is 12.9. The molecule has 1 saturated carbocycles. The van der Waals surface area contributed by atoms with Gasteiger partial charge in [0.1, 0.15) is 0 Å². The minimum Gasteiger partial charge on any atom is -0.369 e. The summed E-state index contributed by atoms with van der Waals surface area (Å²) in [5.41, 5.74) is 8.58. The Hall–Kier alpha value is -2.12. The molecule has 3 amide bonds. The number of carbonyl (C=O) groups excluding carboxylic acids is 3. The first kappa shape index (κ1) is 25.0. The molecule has 7 nitrogen and oxygen atoms in total. The van der Waals surface area contributed by atoms with Crippen molar-refractivity contribution in [3.05, 3.63) is 33.8 Å². The second-order valence-corrected chi connectivity index (χ2v) is 10.8. The highest BCUT2D eigenvalue weighted by Gasteiger charge is 2.40. The van der Waals surface area contributed by atoms with E-state index >= 15 is 0 Å². The predicted octanol–water partition coefficient (Wildman–Crippen LogP) is 2.92. The van der Waals surface area contributed by atoms with Gasteiger partial charge in [-0.1, -0.05) is 24.4 Å². The summed E-state index contributed by atoms with van der Waals surface area (Å²) in [6.45, 7) is 7.75. The van der Waals surface area contributed by atoms with Crippen LogP contribution in [-0.4, -0.2) is 71.7 Å². The van der Waals surface area contributed by atoms with Gasteiger partial charge in [-0.2, -0.15) is 0 Å². The second-order valence-electron chi connectivity index (χ2n) is 10.4. The van der Waals surface area contributed by atoms with Crippen LogP contribution in [0.15, 0.2) is 12.1 Å². The van der Waals surface area contributed by atoms with E-state index in [0.717, 1.165) is 62.0 Å². The molecule has 2 heterocycles. The molecule has 1 aromatic carbocycles. The Balaban J connectivity index is 1.50. The maximum Gasteiger partial charge on any atom is 0.226 e. The van der Waals surface area contributed by atoms with Crippen molar-refractivity contribution in [1.29, 1.82) is 0 Å². The van der Waals surface area contributed by atoms with E-state index in [-0.39, 0.29) is 17.9 Å². The summed E-state index contributed by atoms with van der Waals surface area (Å²) in [4.78, 5) is 44.2. The third-order valence-corrected chi connectivity index (χ3v) is 8.34. The van der Waals surface area contributed by atoms with Gasteiger partial charge in [0.2, 0.25) is 17.7 Å². The van der Waals surface area contributed by atoms with Gasteiger partial charge in [0.15, 0.2) is 0 Å². The largest absolute Gasteiger partial charge is 0.369 e. The number of benzene rings is 1. The van der Waals surface area contributed by atoms with Gasteiger partial charge in [0.05, 0.1) is 11.8 Å². The molecule has 0 unspecified atom stereocenters. The number of piperazine rings is 1. The Morgan fingerprint density at radius 1 is 1.15 bits per heavy atom. The lowest BCUT2D eigenvalue weighted by atomic mass is 9.81. The summed E-state index contributed by atoms with van der Waals surface area (Å²) >= 11 is 6.51. The van der Waals surface area contributed by atoms with E-state index in [0.29, 0.717) is 30.4 Å². The van der Waals surface area contributed by atoms with Crippen molar-refractivity contribution in [2.75, 3.05) is 33.2 Å². The van der Waals surface area contributed by atoms with Gasteiger partial charge < -0.3 is 15.5 Å². The van der Waals surface area contributed by atoms with Crippen molar-refractivity contribution >= 4 is 29.3 Å². The van der Waals surface area contributed by atoms with Crippen LogP contribution in [0.1, 0.15) is 61.6 Å². The average Bonchev–Trinajstić information content (AvgIpc) is 3.43. The van der Waals surface area contributed by atoms with Crippen molar-refractivity contribution in [3.8, 4) is 0 Å². The number of carbonyl (C=O) groups is 3. The molecular formula is C26H37ClN4O3. The molecule has 4 rings (SSSR count). The lowest BCUT2D eigenvalue weighted by Gasteiger charge is -2.41. The minimum atomic E-state index is -0.685. The van der Waals surface area contributed by atoms with Gasteiger partial charge in [-0.3, -0.25) is 19.3 Å². The topological polar surface area (TPSA) is 86.9 Å². The molecule has 3 atom stereocenters. The van der Waals surface area contributed by atoms with Gasteiger partial charge in [0.25, 0.3) is 0 Å². The summed E-state index contributed by atoms with van der Waals surface area (Å²) in [5.74, 6) is -1.14. The van der Waals surface area contributed by atoms with Crippen LogP contribution in [0.4, 0.5) is 0 Å². The Morgan fingerprint density at radius 2 is 1.85 bits per heavy atom. The zero-order chi connectivity index (χ0) is 24.6. The highest BCUT2D eigenvalue weighted by atomic mass is 35.5. The van der Waals surface area contributed by atoms with Crippen LogP contribution in [0.2, 0.25) is 5.02 Å². The number of hydrogen-bond donors (Lipinski definition) is 1. The first-order valence-electron chi connectivity index (χ1n) is 12.5. The number of primary amides is 1. The molecule has 2 saturated heterocycles. The Bertz CT molecular complexity index is 962. The summed E-state index contributed by atoms with van der Waals surface area (Å²) in [6, 6.07) is 3.90. The molecule has 0 radical (unpaired) electrons. The number of nitrogens with two attached hydrogens (primary N) is 1. The second kappa shape index (κ2) is 10.2. The number of rotatable bonds is 6. The fraction of sp³-hybridized carbons (Fsp3) is 0.654. The van der Waals surface area contributed by atoms with Gasteiger partial charge >= 0.3 is 0 Å². The molecule has 186 valence electrons. The van der Waals surface area contributed by atoms with Crippen molar-refractivity contribution in [1.82, 2.24) is 14.7 Å². The average molecular weight is 489 g/mol. The van der Waals surface area contributed by atoms with Gasteiger partial charge in [-0.05, 0) is 61.9 Å². The molecule has 2 aliphatic heterocycles. The lowest BCUT2D eigenvalue weighted by Crippen LogP contribution is -2.54. The van der Waals surface area contributed by atoms with E-state index in [1.165, 1.54) is 0 Å². The van der Waals surface area contributed by atoms with E-state index in [2.05, 4.69) is 16.7 Å². The number of halogens is 1. The molecule has 3 fully saturated rings. The van der Waals surface area contributed by atoms with E-state index in [1.54, 1.807) is 18.0 Å². The predicted molar refractivity (Wildman–Crippen MR) is 132 cm³/mol. The Kier molecular flexibility index (Phi) is 7.53. The standard InChI is InChI=1S/C26H37ClN4O3/c1-16-14-30(10-11-31(16)25(33)18-6-4-5-7-18)15-19-12-20(27)13-22(17(19)2)23(24(28)32)21-8-9-29(3)26(21)34/h12-13,16,18,21,23H,4-11,14-15H2,1-3H3,(H2,28,32)/t16-,21+,23+/m0/s1. The third kappa shape index (κ3) is 4.96. The van der Waals surface area contributed by atoms with Crippen LogP contribution in [0.3, 0.4) is 0 Å². The maximum absolute atomic E-state index is 12.9. The van der Waals surface area contributed by atoms with Crippen molar-refractivity contribution in [2.24, 2.45) is 17.6 Å². The van der Waals surface area contributed by atoms with Crippen molar-refractivity contribution in [3.63, 3.8) is 0 Å².